The van der Waals surface area contributed by atoms with Gasteiger partial charge in [0, 0.05) is 21.4 Å². The molecule has 0 unspecified atom stereocenters. The normalized spacial score (nSPS) is 10.8. The van der Waals surface area contributed by atoms with Crippen molar-refractivity contribution in [2.75, 3.05) is 0 Å². The van der Waals surface area contributed by atoms with Gasteiger partial charge in [-0.05, 0) is 42.0 Å². The van der Waals surface area contributed by atoms with Crippen LogP contribution in [-0.4, -0.2) is 15.2 Å². The Hall–Kier alpha value is -1.49. The number of rotatable bonds is 4. The molecule has 21 heavy (non-hydrogen) atoms. The molecule has 0 bridgehead atoms. The average Bonchev–Trinajstić information content (AvgIpc) is 2.95. The topological polar surface area (TPSA) is 41.6 Å². The van der Waals surface area contributed by atoms with Crippen molar-refractivity contribution in [1.29, 1.82) is 0 Å². The molecular formula is C15H11Cl2N3S. The van der Waals surface area contributed by atoms with Gasteiger partial charge in [-0.3, -0.25) is 5.10 Å². The SMILES string of the molecule is Clc1ccc(-c2nc(SCc3cccc(Cl)c3)n[nH]2)cc1. The standard InChI is InChI=1S/C15H11Cl2N3S/c16-12-6-4-11(5-7-12)14-18-15(20-19-14)21-9-10-2-1-3-13(17)8-10/h1-8H,9H2,(H,18,19,20). The number of thioether (sulfide) groups is 1. The third-order valence-corrected chi connectivity index (χ3v) is 4.25. The molecule has 0 fully saturated rings. The summed E-state index contributed by atoms with van der Waals surface area (Å²) < 4.78 is 0. The van der Waals surface area contributed by atoms with Gasteiger partial charge in [-0.1, -0.05) is 47.1 Å². The second-order valence-corrected chi connectivity index (χ2v) is 6.21. The van der Waals surface area contributed by atoms with Gasteiger partial charge in [0.25, 0.3) is 0 Å². The molecule has 0 saturated heterocycles. The number of nitrogens with zero attached hydrogens (tertiary/aromatic N) is 2. The van der Waals surface area contributed by atoms with E-state index in [2.05, 4.69) is 15.2 Å². The lowest BCUT2D eigenvalue weighted by atomic mass is 10.2. The van der Waals surface area contributed by atoms with E-state index in [1.54, 1.807) is 11.8 Å². The summed E-state index contributed by atoms with van der Waals surface area (Å²) in [6, 6.07) is 15.3. The molecular weight excluding hydrogens is 325 g/mol. The molecule has 0 atom stereocenters. The van der Waals surface area contributed by atoms with Crippen molar-refractivity contribution in [2.24, 2.45) is 0 Å². The zero-order valence-corrected chi connectivity index (χ0v) is 13.2. The minimum absolute atomic E-state index is 0.703. The number of hydrogen-bond donors (Lipinski definition) is 1. The maximum Gasteiger partial charge on any atom is 0.209 e. The summed E-state index contributed by atoms with van der Waals surface area (Å²) in [5, 5.41) is 9.30. The predicted octanol–water partition coefficient (Wildman–Crippen LogP) is 5.07. The molecule has 0 aliphatic rings. The molecule has 3 nitrogen and oxygen atoms in total. The summed E-state index contributed by atoms with van der Waals surface area (Å²) in [7, 11) is 0. The molecule has 0 aliphatic heterocycles. The zero-order chi connectivity index (χ0) is 14.7. The average molecular weight is 336 g/mol. The third kappa shape index (κ3) is 3.79. The van der Waals surface area contributed by atoms with E-state index >= 15 is 0 Å². The fraction of sp³-hybridized carbons (Fsp3) is 0.0667. The number of nitrogens with one attached hydrogen (secondary N) is 1. The fourth-order valence-electron chi connectivity index (χ4n) is 1.82. The highest BCUT2D eigenvalue weighted by Gasteiger charge is 2.06. The number of H-pyrrole nitrogens is 1. The first-order valence-electron chi connectivity index (χ1n) is 6.26. The number of hydrogen-bond acceptors (Lipinski definition) is 3. The van der Waals surface area contributed by atoms with Crippen molar-refractivity contribution in [1.82, 2.24) is 15.2 Å². The number of halogens is 2. The van der Waals surface area contributed by atoms with Crippen LogP contribution in [0.4, 0.5) is 0 Å². The molecule has 0 saturated carbocycles. The van der Waals surface area contributed by atoms with Gasteiger partial charge in [-0.15, -0.1) is 5.10 Å². The van der Waals surface area contributed by atoms with Crippen LogP contribution in [0.3, 0.4) is 0 Å². The maximum atomic E-state index is 5.97. The molecule has 0 aliphatic carbocycles. The van der Waals surface area contributed by atoms with Gasteiger partial charge in [0.15, 0.2) is 5.82 Å². The second-order valence-electron chi connectivity index (χ2n) is 4.39. The maximum absolute atomic E-state index is 5.97. The quantitative estimate of drug-likeness (QED) is 0.676. The Balaban J connectivity index is 1.69. The molecule has 1 N–H and O–H groups in total. The van der Waals surface area contributed by atoms with Crippen molar-refractivity contribution in [3.8, 4) is 11.4 Å². The summed E-state index contributed by atoms with van der Waals surface area (Å²) in [6.07, 6.45) is 0. The molecule has 0 radical (unpaired) electrons. The van der Waals surface area contributed by atoms with E-state index < -0.39 is 0 Å². The van der Waals surface area contributed by atoms with Crippen molar-refractivity contribution < 1.29 is 0 Å². The predicted molar refractivity (Wildman–Crippen MR) is 87.8 cm³/mol. The molecule has 3 rings (SSSR count). The number of aromatic nitrogens is 3. The van der Waals surface area contributed by atoms with Crippen LogP contribution in [-0.2, 0) is 5.75 Å². The Kier molecular flexibility index (Phi) is 4.48. The lowest BCUT2D eigenvalue weighted by molar-refractivity contribution is 0.973. The highest BCUT2D eigenvalue weighted by atomic mass is 35.5. The Morgan fingerprint density at radius 2 is 1.81 bits per heavy atom. The van der Waals surface area contributed by atoms with Crippen LogP contribution < -0.4 is 0 Å². The first-order valence-corrected chi connectivity index (χ1v) is 8.00. The van der Waals surface area contributed by atoms with Gasteiger partial charge in [0.05, 0.1) is 0 Å². The zero-order valence-electron chi connectivity index (χ0n) is 10.9. The minimum atomic E-state index is 0.703. The molecule has 106 valence electrons. The second kappa shape index (κ2) is 6.52. The summed E-state index contributed by atoms with van der Waals surface area (Å²) in [4.78, 5) is 4.47. The third-order valence-electron chi connectivity index (χ3n) is 2.84. The van der Waals surface area contributed by atoms with E-state index in [0.717, 1.165) is 27.7 Å². The highest BCUT2D eigenvalue weighted by molar-refractivity contribution is 7.98. The molecule has 1 heterocycles. The van der Waals surface area contributed by atoms with Crippen LogP contribution in [0, 0.1) is 0 Å². The van der Waals surface area contributed by atoms with E-state index in [1.807, 2.05) is 48.5 Å². The molecule has 0 amide bonds. The van der Waals surface area contributed by atoms with E-state index in [0.29, 0.717) is 10.2 Å². The van der Waals surface area contributed by atoms with Crippen molar-refractivity contribution in [3.63, 3.8) is 0 Å². The molecule has 6 heteroatoms. The van der Waals surface area contributed by atoms with E-state index in [9.17, 15) is 0 Å². The van der Waals surface area contributed by atoms with Crippen LogP contribution in [0.2, 0.25) is 10.0 Å². The Labute approximate surface area is 136 Å². The first kappa shape index (κ1) is 14.4. The minimum Gasteiger partial charge on any atom is -0.258 e. The largest absolute Gasteiger partial charge is 0.258 e. The van der Waals surface area contributed by atoms with Gasteiger partial charge in [-0.2, -0.15) is 0 Å². The van der Waals surface area contributed by atoms with Crippen LogP contribution in [0.1, 0.15) is 5.56 Å². The Morgan fingerprint density at radius 1 is 1.00 bits per heavy atom. The van der Waals surface area contributed by atoms with E-state index in [1.165, 1.54) is 0 Å². The van der Waals surface area contributed by atoms with Gasteiger partial charge in [0.2, 0.25) is 5.16 Å². The van der Waals surface area contributed by atoms with Gasteiger partial charge in [-0.25, -0.2) is 4.98 Å². The van der Waals surface area contributed by atoms with Gasteiger partial charge < -0.3 is 0 Å². The van der Waals surface area contributed by atoms with Crippen LogP contribution >= 0.6 is 35.0 Å². The fourth-order valence-corrected chi connectivity index (χ4v) is 2.90. The number of benzene rings is 2. The molecule has 1 aromatic heterocycles. The summed E-state index contributed by atoms with van der Waals surface area (Å²) in [5.41, 5.74) is 2.10. The highest BCUT2D eigenvalue weighted by Crippen LogP contribution is 2.24. The van der Waals surface area contributed by atoms with Crippen LogP contribution in [0.15, 0.2) is 53.7 Å². The Morgan fingerprint density at radius 3 is 2.57 bits per heavy atom. The summed E-state index contributed by atoms with van der Waals surface area (Å²) in [5.74, 6) is 1.51. The van der Waals surface area contributed by atoms with E-state index in [4.69, 9.17) is 23.2 Å². The Bertz CT molecular complexity index is 741. The summed E-state index contributed by atoms with van der Waals surface area (Å²) in [6.45, 7) is 0. The van der Waals surface area contributed by atoms with Crippen molar-refractivity contribution >= 4 is 35.0 Å². The van der Waals surface area contributed by atoms with Gasteiger partial charge >= 0.3 is 0 Å². The first-order chi connectivity index (χ1) is 10.2. The molecule has 3 aromatic rings. The molecule has 2 aromatic carbocycles. The van der Waals surface area contributed by atoms with Crippen molar-refractivity contribution in [3.05, 3.63) is 64.1 Å². The number of aromatic amines is 1. The van der Waals surface area contributed by atoms with Crippen molar-refractivity contribution in [2.45, 2.75) is 10.9 Å². The monoisotopic (exact) mass is 335 g/mol. The van der Waals surface area contributed by atoms with Gasteiger partial charge in [0.1, 0.15) is 0 Å². The molecule has 0 spiro atoms. The van der Waals surface area contributed by atoms with Crippen LogP contribution in [0.5, 0.6) is 0 Å². The summed E-state index contributed by atoms with van der Waals surface area (Å²) >= 11 is 13.4. The lowest BCUT2D eigenvalue weighted by Crippen LogP contribution is -1.82. The van der Waals surface area contributed by atoms with Crippen LogP contribution in [0.25, 0.3) is 11.4 Å². The lowest BCUT2D eigenvalue weighted by Gasteiger charge is -1.98. The smallest absolute Gasteiger partial charge is 0.209 e. The van der Waals surface area contributed by atoms with E-state index in [-0.39, 0.29) is 0 Å².